The molecular weight excluding hydrogens is 384 g/mol. The van der Waals surface area contributed by atoms with Crippen molar-refractivity contribution in [3.05, 3.63) is 35.9 Å². The summed E-state index contributed by atoms with van der Waals surface area (Å²) in [6, 6.07) is 9.55. The van der Waals surface area contributed by atoms with Crippen molar-refractivity contribution in [2.45, 2.75) is 58.2 Å². The van der Waals surface area contributed by atoms with Gasteiger partial charge in [0.2, 0.25) is 5.91 Å². The van der Waals surface area contributed by atoms with Crippen molar-refractivity contribution in [2.24, 2.45) is 0 Å². The number of hydrogen-bond acceptors (Lipinski definition) is 4. The summed E-state index contributed by atoms with van der Waals surface area (Å²) < 4.78 is 5.38. The smallest absolute Gasteiger partial charge is 0.410 e. The predicted molar refractivity (Wildman–Crippen MR) is 115 cm³/mol. The predicted octanol–water partition coefficient (Wildman–Crippen LogP) is 2.73. The molecule has 30 heavy (non-hydrogen) atoms. The molecule has 1 aliphatic rings. The Balaban J connectivity index is 1.62. The molecule has 2 N–H and O–H groups in total. The Morgan fingerprint density at radius 3 is 2.37 bits per heavy atom. The van der Waals surface area contributed by atoms with Gasteiger partial charge >= 0.3 is 12.1 Å². The van der Waals surface area contributed by atoms with Crippen molar-refractivity contribution >= 4 is 18.0 Å². The quantitative estimate of drug-likeness (QED) is 0.743. The molecule has 1 aromatic rings. The average molecular weight is 419 g/mol. The minimum Gasteiger partial charge on any atom is -0.444 e. The van der Waals surface area contributed by atoms with Crippen LogP contribution >= 0.6 is 0 Å². The number of nitrogens with one attached hydrogen (secondary N) is 2. The lowest BCUT2D eigenvalue weighted by Crippen LogP contribution is -2.48. The zero-order chi connectivity index (χ0) is 22.1. The summed E-state index contributed by atoms with van der Waals surface area (Å²) in [6.07, 6.45) is 1.29. The highest BCUT2D eigenvalue weighted by molar-refractivity contribution is 5.78. The first kappa shape index (κ1) is 23.5. The van der Waals surface area contributed by atoms with E-state index in [9.17, 15) is 14.4 Å². The number of nitrogens with zero attached hydrogens (tertiary/aromatic N) is 2. The van der Waals surface area contributed by atoms with Gasteiger partial charge < -0.3 is 25.2 Å². The van der Waals surface area contributed by atoms with Gasteiger partial charge in [0.1, 0.15) is 5.60 Å². The van der Waals surface area contributed by atoms with Crippen LogP contribution in [0.25, 0.3) is 0 Å². The molecule has 0 aromatic heterocycles. The van der Waals surface area contributed by atoms with Crippen LogP contribution in [0.1, 0.15) is 45.6 Å². The molecule has 1 heterocycles. The Morgan fingerprint density at radius 1 is 1.13 bits per heavy atom. The number of carbonyl (C=O) groups is 3. The number of amides is 4. The van der Waals surface area contributed by atoms with Crippen molar-refractivity contribution in [2.75, 3.05) is 26.7 Å². The lowest BCUT2D eigenvalue weighted by molar-refractivity contribution is -0.121. The van der Waals surface area contributed by atoms with Crippen LogP contribution in [0.3, 0.4) is 0 Å². The number of rotatable bonds is 6. The van der Waals surface area contributed by atoms with Gasteiger partial charge in [-0.2, -0.15) is 0 Å². The maximum Gasteiger partial charge on any atom is 0.410 e. The minimum atomic E-state index is -0.512. The summed E-state index contributed by atoms with van der Waals surface area (Å²) >= 11 is 0. The van der Waals surface area contributed by atoms with E-state index in [1.54, 1.807) is 16.8 Å². The molecule has 1 saturated heterocycles. The number of benzene rings is 1. The van der Waals surface area contributed by atoms with Crippen LogP contribution < -0.4 is 10.6 Å². The summed E-state index contributed by atoms with van der Waals surface area (Å²) in [5.74, 6) is -0.100. The molecule has 1 aromatic carbocycles. The standard InChI is InChI=1S/C22H34N4O4/c1-22(2,3)30-21(29)26-14-11-18(12-15-26)24-19(27)10-13-23-20(28)25(4)16-17-8-6-5-7-9-17/h5-9,18H,10-16H2,1-4H3,(H,23,28)(H,24,27). The monoisotopic (exact) mass is 418 g/mol. The first-order valence-corrected chi connectivity index (χ1v) is 10.4. The minimum absolute atomic E-state index is 0.0349. The van der Waals surface area contributed by atoms with E-state index >= 15 is 0 Å². The SMILES string of the molecule is CN(Cc1ccccc1)C(=O)NCCC(=O)NC1CCN(C(=O)OC(C)(C)C)CC1. The van der Waals surface area contributed by atoms with Gasteiger partial charge in [-0.15, -0.1) is 0 Å². The summed E-state index contributed by atoms with van der Waals surface area (Å²) in [5.41, 5.74) is 0.535. The topological polar surface area (TPSA) is 91.0 Å². The number of urea groups is 1. The Morgan fingerprint density at radius 2 is 1.77 bits per heavy atom. The summed E-state index contributed by atoms with van der Waals surface area (Å²) in [4.78, 5) is 39.7. The fourth-order valence-electron chi connectivity index (χ4n) is 3.18. The molecule has 0 unspecified atom stereocenters. The third kappa shape index (κ3) is 8.31. The first-order chi connectivity index (χ1) is 14.1. The van der Waals surface area contributed by atoms with E-state index in [1.807, 2.05) is 51.1 Å². The molecule has 8 heteroatoms. The van der Waals surface area contributed by atoms with Gasteiger partial charge in [-0.05, 0) is 39.2 Å². The summed E-state index contributed by atoms with van der Waals surface area (Å²) in [7, 11) is 1.72. The fraction of sp³-hybridized carbons (Fsp3) is 0.591. The number of piperidine rings is 1. The molecule has 0 bridgehead atoms. The van der Waals surface area contributed by atoms with Crippen molar-refractivity contribution < 1.29 is 19.1 Å². The van der Waals surface area contributed by atoms with E-state index in [0.717, 1.165) is 5.56 Å². The van der Waals surface area contributed by atoms with Crippen molar-refractivity contribution in [1.29, 1.82) is 0 Å². The van der Waals surface area contributed by atoms with E-state index in [-0.39, 0.29) is 37.0 Å². The van der Waals surface area contributed by atoms with Gasteiger partial charge in [-0.1, -0.05) is 30.3 Å². The molecule has 0 aliphatic carbocycles. The third-order valence-corrected chi connectivity index (χ3v) is 4.75. The van der Waals surface area contributed by atoms with Crippen LogP contribution in [0.5, 0.6) is 0 Å². The van der Waals surface area contributed by atoms with Crippen LogP contribution in [0.2, 0.25) is 0 Å². The van der Waals surface area contributed by atoms with E-state index < -0.39 is 5.60 Å². The van der Waals surface area contributed by atoms with Crippen molar-refractivity contribution in [3.8, 4) is 0 Å². The molecule has 1 aliphatic heterocycles. The second-order valence-corrected chi connectivity index (χ2v) is 8.63. The van der Waals surface area contributed by atoms with Gasteiger partial charge in [0.05, 0.1) is 0 Å². The molecule has 0 atom stereocenters. The fourth-order valence-corrected chi connectivity index (χ4v) is 3.18. The molecule has 8 nitrogen and oxygen atoms in total. The molecule has 2 rings (SSSR count). The largest absolute Gasteiger partial charge is 0.444 e. The zero-order valence-electron chi connectivity index (χ0n) is 18.4. The van der Waals surface area contributed by atoms with Crippen molar-refractivity contribution in [1.82, 2.24) is 20.4 Å². The lowest BCUT2D eigenvalue weighted by atomic mass is 10.1. The lowest BCUT2D eigenvalue weighted by Gasteiger charge is -2.33. The Bertz CT molecular complexity index is 710. The van der Waals surface area contributed by atoms with E-state index in [0.29, 0.717) is 32.5 Å². The van der Waals surface area contributed by atoms with Crippen LogP contribution in [0.15, 0.2) is 30.3 Å². The van der Waals surface area contributed by atoms with E-state index in [2.05, 4.69) is 10.6 Å². The number of carbonyl (C=O) groups excluding carboxylic acids is 3. The second kappa shape index (κ2) is 10.8. The second-order valence-electron chi connectivity index (χ2n) is 8.63. The van der Waals surface area contributed by atoms with Gasteiger partial charge in [-0.25, -0.2) is 9.59 Å². The van der Waals surface area contributed by atoms with Gasteiger partial charge in [-0.3, -0.25) is 4.79 Å². The normalized spacial score (nSPS) is 14.7. The van der Waals surface area contributed by atoms with Crippen molar-refractivity contribution in [3.63, 3.8) is 0 Å². The molecule has 1 fully saturated rings. The Hall–Kier alpha value is -2.77. The number of ether oxygens (including phenoxy) is 1. The van der Waals surface area contributed by atoms with Gasteiger partial charge in [0, 0.05) is 45.7 Å². The highest BCUT2D eigenvalue weighted by atomic mass is 16.6. The third-order valence-electron chi connectivity index (χ3n) is 4.75. The van der Waals surface area contributed by atoms with Crippen LogP contribution in [0.4, 0.5) is 9.59 Å². The van der Waals surface area contributed by atoms with E-state index in [1.165, 1.54) is 0 Å². The Kier molecular flexibility index (Phi) is 8.50. The molecule has 0 spiro atoms. The van der Waals surface area contributed by atoms with Gasteiger partial charge in [0.25, 0.3) is 0 Å². The van der Waals surface area contributed by atoms with Crippen LogP contribution in [0, 0.1) is 0 Å². The molecule has 0 saturated carbocycles. The molecule has 166 valence electrons. The maximum atomic E-state index is 12.2. The van der Waals surface area contributed by atoms with E-state index in [4.69, 9.17) is 4.74 Å². The molecule has 0 radical (unpaired) electrons. The first-order valence-electron chi connectivity index (χ1n) is 10.4. The van der Waals surface area contributed by atoms with Crippen LogP contribution in [-0.2, 0) is 16.1 Å². The Labute approximate surface area is 178 Å². The number of likely N-dealkylation sites (tertiary alicyclic amines) is 1. The highest BCUT2D eigenvalue weighted by Crippen LogP contribution is 2.15. The highest BCUT2D eigenvalue weighted by Gasteiger charge is 2.27. The summed E-state index contributed by atoms with van der Waals surface area (Å²) in [6.45, 7) is 7.43. The maximum absolute atomic E-state index is 12.2. The molecular formula is C22H34N4O4. The van der Waals surface area contributed by atoms with Crippen LogP contribution in [-0.4, -0.2) is 66.2 Å². The van der Waals surface area contributed by atoms with Gasteiger partial charge in [0.15, 0.2) is 0 Å². The molecule has 4 amide bonds. The number of hydrogen-bond donors (Lipinski definition) is 2. The average Bonchev–Trinajstić information content (AvgIpc) is 2.67. The zero-order valence-corrected chi connectivity index (χ0v) is 18.4. The summed E-state index contributed by atoms with van der Waals surface area (Å²) in [5, 5.41) is 5.76.